The Hall–Kier alpha value is -3.99. The summed E-state index contributed by atoms with van der Waals surface area (Å²) in [5, 5.41) is 13.7. The second-order valence-corrected chi connectivity index (χ2v) is 6.71. The number of nitrogens with one attached hydrogen (secondary N) is 2. The molecule has 152 valence electrons. The van der Waals surface area contributed by atoms with E-state index in [1.807, 2.05) is 30.3 Å². The number of benzene rings is 2. The molecule has 0 spiro atoms. The fraction of sp³-hybridized carbons (Fsp3) is 0.227. The van der Waals surface area contributed by atoms with Gasteiger partial charge in [0.25, 0.3) is 11.8 Å². The largest absolute Gasteiger partial charge is 0.353 e. The fourth-order valence-corrected chi connectivity index (χ4v) is 3.27. The van der Waals surface area contributed by atoms with Crippen LogP contribution in [0.25, 0.3) is 0 Å². The average Bonchev–Trinajstić information content (AvgIpc) is 3.01. The van der Waals surface area contributed by atoms with Crippen LogP contribution >= 0.6 is 0 Å². The maximum atomic E-state index is 12.9. The van der Waals surface area contributed by atoms with Crippen molar-refractivity contribution in [2.45, 2.75) is 18.9 Å². The standard InChI is InChI=1S/C22H20N4O4/c23-11-10-19(27)24-12-13-25-20(28)18(14-15-6-2-1-3-7-15)26-21(29)16-8-4-5-9-17(16)22(26)30/h1-9,18H,10,12-14H2,(H,24,27)(H,25,28). The molecule has 0 radical (unpaired) electrons. The number of carbonyl (C=O) groups is 4. The molecule has 0 aliphatic carbocycles. The summed E-state index contributed by atoms with van der Waals surface area (Å²) in [6.45, 7) is 0.233. The second kappa shape index (κ2) is 9.47. The molecule has 2 N–H and O–H groups in total. The van der Waals surface area contributed by atoms with Crippen LogP contribution in [-0.2, 0) is 16.0 Å². The lowest BCUT2D eigenvalue weighted by Gasteiger charge is -2.25. The zero-order chi connectivity index (χ0) is 21.5. The molecule has 0 aromatic heterocycles. The second-order valence-electron chi connectivity index (χ2n) is 6.71. The van der Waals surface area contributed by atoms with Crippen molar-refractivity contribution in [2.75, 3.05) is 13.1 Å². The molecule has 2 aromatic rings. The lowest BCUT2D eigenvalue weighted by molar-refractivity contribution is -0.125. The Morgan fingerprint density at radius 2 is 1.47 bits per heavy atom. The maximum Gasteiger partial charge on any atom is 0.262 e. The van der Waals surface area contributed by atoms with E-state index in [4.69, 9.17) is 5.26 Å². The summed E-state index contributed by atoms with van der Waals surface area (Å²) in [4.78, 5) is 51.0. The molecule has 0 bridgehead atoms. The van der Waals surface area contributed by atoms with E-state index in [1.165, 1.54) is 0 Å². The van der Waals surface area contributed by atoms with Crippen molar-refractivity contribution >= 4 is 23.6 Å². The van der Waals surface area contributed by atoms with Crippen molar-refractivity contribution in [3.63, 3.8) is 0 Å². The van der Waals surface area contributed by atoms with Crippen molar-refractivity contribution < 1.29 is 19.2 Å². The summed E-state index contributed by atoms with van der Waals surface area (Å²) in [5.74, 6) is -1.95. The molecule has 1 aliphatic heterocycles. The van der Waals surface area contributed by atoms with Crippen LogP contribution in [0.15, 0.2) is 54.6 Å². The SMILES string of the molecule is N#CCC(=O)NCCNC(=O)C(Cc1ccccc1)N1C(=O)c2ccccc2C1=O. The van der Waals surface area contributed by atoms with Gasteiger partial charge in [0.15, 0.2) is 0 Å². The van der Waals surface area contributed by atoms with Crippen molar-refractivity contribution in [2.24, 2.45) is 0 Å². The number of hydrogen-bond acceptors (Lipinski definition) is 5. The van der Waals surface area contributed by atoms with E-state index < -0.39 is 29.7 Å². The van der Waals surface area contributed by atoms with Crippen LogP contribution in [0.5, 0.6) is 0 Å². The average molecular weight is 404 g/mol. The van der Waals surface area contributed by atoms with Crippen LogP contribution in [0.1, 0.15) is 32.7 Å². The first-order chi connectivity index (χ1) is 14.5. The summed E-state index contributed by atoms with van der Waals surface area (Å²) in [7, 11) is 0. The van der Waals surface area contributed by atoms with E-state index in [1.54, 1.807) is 30.3 Å². The third-order valence-electron chi connectivity index (χ3n) is 4.70. The monoisotopic (exact) mass is 404 g/mol. The van der Waals surface area contributed by atoms with Gasteiger partial charge in [0.2, 0.25) is 11.8 Å². The van der Waals surface area contributed by atoms with Gasteiger partial charge in [-0.3, -0.25) is 24.1 Å². The number of imide groups is 1. The van der Waals surface area contributed by atoms with Crippen molar-refractivity contribution in [3.05, 3.63) is 71.3 Å². The first-order valence-corrected chi connectivity index (χ1v) is 9.45. The first-order valence-electron chi connectivity index (χ1n) is 9.45. The van der Waals surface area contributed by atoms with Crippen LogP contribution < -0.4 is 10.6 Å². The van der Waals surface area contributed by atoms with Gasteiger partial charge in [-0.15, -0.1) is 0 Å². The number of amides is 4. The summed E-state index contributed by atoms with van der Waals surface area (Å²) >= 11 is 0. The molecular formula is C22H20N4O4. The highest BCUT2D eigenvalue weighted by Gasteiger charge is 2.42. The van der Waals surface area contributed by atoms with Gasteiger partial charge in [-0.1, -0.05) is 42.5 Å². The van der Waals surface area contributed by atoms with Crippen LogP contribution in [0.3, 0.4) is 0 Å². The molecule has 1 heterocycles. The van der Waals surface area contributed by atoms with E-state index in [0.29, 0.717) is 0 Å². The minimum absolute atomic E-state index is 0.102. The molecule has 4 amide bonds. The molecule has 30 heavy (non-hydrogen) atoms. The smallest absolute Gasteiger partial charge is 0.262 e. The molecule has 0 saturated heterocycles. The number of nitriles is 1. The van der Waals surface area contributed by atoms with Gasteiger partial charge in [-0.25, -0.2) is 0 Å². The van der Waals surface area contributed by atoms with Gasteiger partial charge in [-0.05, 0) is 17.7 Å². The molecular weight excluding hydrogens is 384 g/mol. The predicted octanol–water partition coefficient (Wildman–Crippen LogP) is 1.04. The van der Waals surface area contributed by atoms with Crippen molar-refractivity contribution in [1.29, 1.82) is 5.26 Å². The Bertz CT molecular complexity index is 978. The molecule has 3 rings (SSSR count). The molecule has 1 aliphatic rings. The number of fused-ring (bicyclic) bond motifs is 1. The van der Waals surface area contributed by atoms with Crippen molar-refractivity contribution in [3.8, 4) is 6.07 Å². The van der Waals surface area contributed by atoms with Gasteiger partial charge in [0.05, 0.1) is 17.2 Å². The van der Waals surface area contributed by atoms with Gasteiger partial charge in [0, 0.05) is 19.5 Å². The molecule has 0 saturated carbocycles. The van der Waals surface area contributed by atoms with Crippen LogP contribution in [0.4, 0.5) is 0 Å². The Morgan fingerprint density at radius 3 is 2.07 bits per heavy atom. The highest BCUT2D eigenvalue weighted by Crippen LogP contribution is 2.26. The molecule has 1 unspecified atom stereocenters. The topological polar surface area (TPSA) is 119 Å². The van der Waals surface area contributed by atoms with E-state index in [0.717, 1.165) is 10.5 Å². The summed E-state index contributed by atoms with van der Waals surface area (Å²) in [6.07, 6.45) is -0.0987. The number of rotatable bonds is 8. The van der Waals surface area contributed by atoms with E-state index in [-0.39, 0.29) is 37.1 Å². The van der Waals surface area contributed by atoms with E-state index in [2.05, 4.69) is 10.6 Å². The highest BCUT2D eigenvalue weighted by molar-refractivity contribution is 6.22. The highest BCUT2D eigenvalue weighted by atomic mass is 16.2. The Morgan fingerprint density at radius 1 is 0.900 bits per heavy atom. The first kappa shape index (κ1) is 20.7. The van der Waals surface area contributed by atoms with Gasteiger partial charge in [-0.2, -0.15) is 5.26 Å². The van der Waals surface area contributed by atoms with Crippen LogP contribution in [-0.4, -0.2) is 47.7 Å². The summed E-state index contributed by atoms with van der Waals surface area (Å²) in [5.41, 5.74) is 1.35. The van der Waals surface area contributed by atoms with Gasteiger partial charge < -0.3 is 10.6 Å². The Kier molecular flexibility index (Phi) is 6.55. The molecule has 2 aromatic carbocycles. The number of nitrogens with zero attached hydrogens (tertiary/aromatic N) is 2. The minimum Gasteiger partial charge on any atom is -0.353 e. The Labute approximate surface area is 173 Å². The summed E-state index contributed by atoms with van der Waals surface area (Å²) < 4.78 is 0. The zero-order valence-electron chi connectivity index (χ0n) is 16.1. The fourth-order valence-electron chi connectivity index (χ4n) is 3.27. The third kappa shape index (κ3) is 4.52. The van der Waals surface area contributed by atoms with Gasteiger partial charge >= 0.3 is 0 Å². The molecule has 1 atom stereocenters. The van der Waals surface area contributed by atoms with E-state index in [9.17, 15) is 19.2 Å². The minimum atomic E-state index is -1.03. The molecule has 8 heteroatoms. The number of carbonyl (C=O) groups excluding carboxylic acids is 4. The van der Waals surface area contributed by atoms with Gasteiger partial charge in [0.1, 0.15) is 12.5 Å². The molecule has 8 nitrogen and oxygen atoms in total. The lowest BCUT2D eigenvalue weighted by atomic mass is 10.0. The normalized spacial score (nSPS) is 13.4. The predicted molar refractivity (Wildman–Crippen MR) is 107 cm³/mol. The summed E-state index contributed by atoms with van der Waals surface area (Å²) in [6, 6.07) is 16.3. The third-order valence-corrected chi connectivity index (χ3v) is 4.70. The zero-order valence-corrected chi connectivity index (χ0v) is 16.1. The Balaban J connectivity index is 1.75. The van der Waals surface area contributed by atoms with Crippen LogP contribution in [0.2, 0.25) is 0 Å². The van der Waals surface area contributed by atoms with Crippen LogP contribution in [0, 0.1) is 11.3 Å². The van der Waals surface area contributed by atoms with E-state index >= 15 is 0 Å². The maximum absolute atomic E-state index is 12.9. The lowest BCUT2D eigenvalue weighted by Crippen LogP contribution is -2.51. The molecule has 0 fully saturated rings. The van der Waals surface area contributed by atoms with Crippen molar-refractivity contribution in [1.82, 2.24) is 15.5 Å². The number of hydrogen-bond donors (Lipinski definition) is 2. The quantitative estimate of drug-likeness (QED) is 0.503.